The van der Waals surface area contributed by atoms with Crippen LogP contribution in [0.1, 0.15) is 13.8 Å². The van der Waals surface area contributed by atoms with Crippen molar-refractivity contribution in [2.24, 2.45) is 0 Å². The zero-order valence-corrected chi connectivity index (χ0v) is 7.06. The van der Waals surface area contributed by atoms with Crippen molar-refractivity contribution in [3.8, 4) is 0 Å². The van der Waals surface area contributed by atoms with Gasteiger partial charge in [0.15, 0.2) is 0 Å². The van der Waals surface area contributed by atoms with E-state index in [-0.39, 0.29) is 10.7 Å². The second-order valence-corrected chi connectivity index (χ2v) is 2.89. The van der Waals surface area contributed by atoms with E-state index in [2.05, 4.69) is 26.2 Å². The molecule has 3 nitrogen and oxygen atoms in total. The molecule has 0 saturated carbocycles. The summed E-state index contributed by atoms with van der Waals surface area (Å²) in [5.41, 5.74) is 2.25. The van der Waals surface area contributed by atoms with Gasteiger partial charge in [0.05, 0.1) is 11.4 Å². The Morgan fingerprint density at radius 2 is 2.44 bits per heavy atom. The molecule has 0 aliphatic heterocycles. The number of halogens is 1. The van der Waals surface area contributed by atoms with Gasteiger partial charge >= 0.3 is 0 Å². The quantitative estimate of drug-likeness (QED) is 0.536. The number of amides is 1. The number of rotatable bonds is 3. The Hall–Kier alpha value is -0.0900. The van der Waals surface area contributed by atoms with Crippen molar-refractivity contribution in [1.29, 1.82) is 0 Å². The summed E-state index contributed by atoms with van der Waals surface area (Å²) in [4.78, 5) is 15.1. The zero-order valence-electron chi connectivity index (χ0n) is 5.48. The van der Waals surface area contributed by atoms with Gasteiger partial charge in [-0.1, -0.05) is 15.9 Å². The van der Waals surface area contributed by atoms with Crippen molar-refractivity contribution in [3.05, 3.63) is 0 Å². The average molecular weight is 196 g/mol. The first-order valence-electron chi connectivity index (χ1n) is 2.74. The molecule has 0 aromatic carbocycles. The predicted molar refractivity (Wildman–Crippen MR) is 38.2 cm³/mol. The van der Waals surface area contributed by atoms with Crippen LogP contribution >= 0.6 is 15.9 Å². The lowest BCUT2D eigenvalue weighted by Crippen LogP contribution is -2.29. The summed E-state index contributed by atoms with van der Waals surface area (Å²) < 4.78 is 0. The van der Waals surface area contributed by atoms with Gasteiger partial charge in [0.2, 0.25) is 0 Å². The summed E-state index contributed by atoms with van der Waals surface area (Å²) in [7, 11) is 0. The number of carbonyl (C=O) groups is 1. The molecule has 0 aromatic rings. The van der Waals surface area contributed by atoms with Crippen LogP contribution in [-0.4, -0.2) is 17.3 Å². The molecule has 0 bridgehead atoms. The van der Waals surface area contributed by atoms with Gasteiger partial charge < -0.3 is 0 Å². The maximum Gasteiger partial charge on any atom is 0.257 e. The molecule has 1 amide bonds. The fourth-order valence-electron chi connectivity index (χ4n) is 0.224. The maximum atomic E-state index is 10.6. The van der Waals surface area contributed by atoms with E-state index >= 15 is 0 Å². The summed E-state index contributed by atoms with van der Waals surface area (Å²) >= 11 is 3.08. The molecule has 0 fully saturated rings. The predicted octanol–water partition coefficient (Wildman–Crippen LogP) is 0.838. The highest BCUT2D eigenvalue weighted by Gasteiger charge is 2.06. The van der Waals surface area contributed by atoms with Crippen molar-refractivity contribution in [2.75, 3.05) is 6.61 Å². The Morgan fingerprint density at radius 1 is 1.89 bits per heavy atom. The molecule has 0 radical (unpaired) electrons. The van der Waals surface area contributed by atoms with Gasteiger partial charge in [0, 0.05) is 0 Å². The number of carbonyl (C=O) groups excluding carboxylic acids is 1. The first-order valence-corrected chi connectivity index (χ1v) is 3.65. The highest BCUT2D eigenvalue weighted by molar-refractivity contribution is 9.10. The van der Waals surface area contributed by atoms with Gasteiger partial charge in [-0.2, -0.15) is 0 Å². The van der Waals surface area contributed by atoms with Crippen LogP contribution < -0.4 is 5.48 Å². The molecule has 0 rings (SSSR count). The fourth-order valence-corrected chi connectivity index (χ4v) is 0.318. The summed E-state index contributed by atoms with van der Waals surface area (Å²) in [6.07, 6.45) is 0. The van der Waals surface area contributed by atoms with E-state index in [9.17, 15) is 4.79 Å². The molecule has 4 heteroatoms. The minimum atomic E-state index is -0.191. The molecule has 1 unspecified atom stereocenters. The van der Waals surface area contributed by atoms with E-state index in [1.165, 1.54) is 0 Å². The summed E-state index contributed by atoms with van der Waals surface area (Å²) in [6, 6.07) is 0. The Balaban J connectivity index is 3.28. The van der Waals surface area contributed by atoms with Crippen LogP contribution in [0.5, 0.6) is 0 Å². The largest absolute Gasteiger partial charge is 0.274 e. The first kappa shape index (κ1) is 8.91. The van der Waals surface area contributed by atoms with E-state index in [1.54, 1.807) is 13.8 Å². The van der Waals surface area contributed by atoms with Crippen LogP contribution in [0.4, 0.5) is 0 Å². The van der Waals surface area contributed by atoms with Gasteiger partial charge in [-0.25, -0.2) is 5.48 Å². The standard InChI is InChI=1S/C5H10BrNO2/c1-3-9-7-5(8)4(2)6/h4H,3H2,1-2H3,(H,7,8). The van der Waals surface area contributed by atoms with E-state index in [1.807, 2.05) is 0 Å². The van der Waals surface area contributed by atoms with Crippen LogP contribution in [-0.2, 0) is 9.63 Å². The van der Waals surface area contributed by atoms with Gasteiger partial charge in [-0.3, -0.25) is 9.63 Å². The normalized spacial score (nSPS) is 12.8. The Bertz CT molecular complexity index is 95.0. The van der Waals surface area contributed by atoms with E-state index < -0.39 is 0 Å². The lowest BCUT2D eigenvalue weighted by atomic mass is 10.5. The number of hydroxylamine groups is 1. The topological polar surface area (TPSA) is 38.3 Å². The molecule has 54 valence electrons. The van der Waals surface area contributed by atoms with Crippen molar-refractivity contribution >= 4 is 21.8 Å². The molecule has 0 spiro atoms. The third-order valence-corrected chi connectivity index (χ3v) is 1.09. The van der Waals surface area contributed by atoms with Crippen molar-refractivity contribution in [1.82, 2.24) is 5.48 Å². The van der Waals surface area contributed by atoms with Crippen LogP contribution in [0.2, 0.25) is 0 Å². The molecular formula is C5H10BrNO2. The Kier molecular flexibility index (Phi) is 4.71. The molecule has 1 atom stereocenters. The third kappa shape index (κ3) is 4.42. The van der Waals surface area contributed by atoms with Crippen LogP contribution in [0.15, 0.2) is 0 Å². The minimum absolute atomic E-state index is 0.156. The molecule has 0 heterocycles. The van der Waals surface area contributed by atoms with Crippen molar-refractivity contribution in [2.45, 2.75) is 18.7 Å². The van der Waals surface area contributed by atoms with Gasteiger partial charge in [-0.15, -0.1) is 0 Å². The molecule has 0 aliphatic carbocycles. The van der Waals surface area contributed by atoms with E-state index in [0.29, 0.717) is 6.61 Å². The second kappa shape index (κ2) is 4.76. The van der Waals surface area contributed by atoms with Crippen LogP contribution in [0.3, 0.4) is 0 Å². The third-order valence-electron chi connectivity index (χ3n) is 0.678. The minimum Gasteiger partial charge on any atom is -0.274 e. The molecule has 9 heavy (non-hydrogen) atoms. The summed E-state index contributed by atoms with van der Waals surface area (Å²) in [5, 5.41) is 0. The number of hydrogen-bond acceptors (Lipinski definition) is 2. The lowest BCUT2D eigenvalue weighted by molar-refractivity contribution is -0.132. The SMILES string of the molecule is CCONC(=O)C(C)Br. The Morgan fingerprint density at radius 3 is 2.78 bits per heavy atom. The molecule has 0 aliphatic rings. The highest BCUT2D eigenvalue weighted by atomic mass is 79.9. The smallest absolute Gasteiger partial charge is 0.257 e. The molecule has 0 aromatic heterocycles. The van der Waals surface area contributed by atoms with Gasteiger partial charge in [0.25, 0.3) is 5.91 Å². The van der Waals surface area contributed by atoms with E-state index in [0.717, 1.165) is 0 Å². The van der Waals surface area contributed by atoms with Crippen molar-refractivity contribution in [3.63, 3.8) is 0 Å². The summed E-state index contributed by atoms with van der Waals surface area (Å²) in [6.45, 7) is 4.03. The molecule has 0 saturated heterocycles. The van der Waals surface area contributed by atoms with E-state index in [4.69, 9.17) is 0 Å². The highest BCUT2D eigenvalue weighted by Crippen LogP contribution is 1.95. The molecule has 1 N–H and O–H groups in total. The lowest BCUT2D eigenvalue weighted by Gasteiger charge is -2.03. The fraction of sp³-hybridized carbons (Fsp3) is 0.800. The summed E-state index contributed by atoms with van der Waals surface area (Å²) in [5.74, 6) is -0.156. The van der Waals surface area contributed by atoms with Gasteiger partial charge in [-0.05, 0) is 13.8 Å². The monoisotopic (exact) mass is 195 g/mol. The van der Waals surface area contributed by atoms with Gasteiger partial charge in [0.1, 0.15) is 0 Å². The number of alkyl halides is 1. The van der Waals surface area contributed by atoms with Crippen LogP contribution in [0, 0.1) is 0 Å². The zero-order chi connectivity index (χ0) is 7.28. The maximum absolute atomic E-state index is 10.6. The number of hydrogen-bond donors (Lipinski definition) is 1. The van der Waals surface area contributed by atoms with Crippen molar-refractivity contribution < 1.29 is 9.63 Å². The first-order chi connectivity index (χ1) is 4.18. The Labute approximate surface area is 62.8 Å². The second-order valence-electron chi connectivity index (χ2n) is 1.52. The average Bonchev–Trinajstić information content (AvgIpc) is 1.82. The van der Waals surface area contributed by atoms with Crippen LogP contribution in [0.25, 0.3) is 0 Å². The number of nitrogens with one attached hydrogen (secondary N) is 1. The molecular weight excluding hydrogens is 186 g/mol.